The molecule has 2 aliphatic rings. The maximum absolute atomic E-state index is 14.9. The molecule has 0 spiro atoms. The maximum atomic E-state index is 14.9. The van der Waals surface area contributed by atoms with Gasteiger partial charge in [-0.2, -0.15) is 0 Å². The van der Waals surface area contributed by atoms with E-state index in [4.69, 9.17) is 0 Å². The summed E-state index contributed by atoms with van der Waals surface area (Å²) in [6, 6.07) is 3.75. The normalized spacial score (nSPS) is 22.2. The van der Waals surface area contributed by atoms with Crippen molar-refractivity contribution in [2.24, 2.45) is 17.8 Å². The van der Waals surface area contributed by atoms with Gasteiger partial charge in [0, 0.05) is 57.3 Å². The van der Waals surface area contributed by atoms with Crippen LogP contribution in [-0.4, -0.2) is 61.0 Å². The van der Waals surface area contributed by atoms with Crippen LogP contribution in [0.15, 0.2) is 18.2 Å². The molecule has 1 aliphatic heterocycles. The number of halogens is 4. The monoisotopic (exact) mass is 557 g/mol. The fourth-order valence-electron chi connectivity index (χ4n) is 6.32. The average Bonchev–Trinajstić information content (AvgIpc) is 2.89. The smallest absolute Gasteiger partial charge is 0.248 e. The van der Waals surface area contributed by atoms with Gasteiger partial charge in [0.25, 0.3) is 0 Å². The van der Waals surface area contributed by atoms with Crippen LogP contribution in [0.5, 0.6) is 0 Å². The minimum atomic E-state index is -2.59. The molecule has 0 unspecified atom stereocenters. The lowest BCUT2D eigenvalue weighted by Gasteiger charge is -2.43. The number of carbonyl (C=O) groups excluding carboxylic acids is 2. The van der Waals surface area contributed by atoms with Gasteiger partial charge in [-0.15, -0.1) is 0 Å². The van der Waals surface area contributed by atoms with Gasteiger partial charge in [-0.1, -0.05) is 12.1 Å². The number of nitrogens with one attached hydrogen (secondary N) is 2. The van der Waals surface area contributed by atoms with E-state index in [1.807, 2.05) is 0 Å². The number of aliphatic hydroxyl groups is 1. The molecule has 3 rings (SSSR count). The van der Waals surface area contributed by atoms with Gasteiger partial charge in [0.15, 0.2) is 11.6 Å². The number of benzene rings is 1. The Morgan fingerprint density at radius 1 is 1.21 bits per heavy atom. The van der Waals surface area contributed by atoms with Crippen molar-refractivity contribution >= 4 is 11.8 Å². The lowest BCUT2D eigenvalue weighted by atomic mass is 9.74. The fourth-order valence-corrected chi connectivity index (χ4v) is 6.32. The average molecular weight is 558 g/mol. The second kappa shape index (κ2) is 13.9. The van der Waals surface area contributed by atoms with Crippen molar-refractivity contribution in [3.05, 3.63) is 35.4 Å². The van der Waals surface area contributed by atoms with Gasteiger partial charge in [0.1, 0.15) is 0 Å². The number of carbonyl (C=O) groups is 2. The van der Waals surface area contributed by atoms with Gasteiger partial charge >= 0.3 is 0 Å². The first-order valence-electron chi connectivity index (χ1n) is 14.2. The summed E-state index contributed by atoms with van der Waals surface area (Å²) in [5, 5.41) is 17.7. The van der Waals surface area contributed by atoms with E-state index in [9.17, 15) is 32.3 Å². The summed E-state index contributed by atoms with van der Waals surface area (Å²) in [6.07, 6.45) is 3.23. The van der Waals surface area contributed by atoms with E-state index in [1.54, 1.807) is 11.9 Å². The second-order valence-electron chi connectivity index (χ2n) is 11.5. The van der Waals surface area contributed by atoms with E-state index in [2.05, 4.69) is 10.6 Å². The van der Waals surface area contributed by atoms with E-state index < -0.39 is 29.1 Å². The molecule has 1 aliphatic carbocycles. The third-order valence-electron chi connectivity index (χ3n) is 8.44. The first-order valence-corrected chi connectivity index (χ1v) is 14.2. The number of amides is 2. The van der Waals surface area contributed by atoms with Gasteiger partial charge in [0.2, 0.25) is 17.7 Å². The number of piperidine rings is 1. The van der Waals surface area contributed by atoms with Crippen molar-refractivity contribution in [2.45, 2.75) is 82.7 Å². The molecule has 1 saturated carbocycles. The summed E-state index contributed by atoms with van der Waals surface area (Å²) in [7, 11) is 1.80. The number of hydrogen-bond donors (Lipinski definition) is 3. The molecule has 6 nitrogen and oxygen atoms in total. The molecular weight excluding hydrogens is 514 g/mol. The minimum absolute atomic E-state index is 0.00296. The highest BCUT2D eigenvalue weighted by Gasteiger charge is 2.43. The van der Waals surface area contributed by atoms with Crippen molar-refractivity contribution in [1.29, 1.82) is 0 Å². The first kappa shape index (κ1) is 31.3. The molecule has 3 atom stereocenters. The lowest BCUT2D eigenvalue weighted by Crippen LogP contribution is -2.49. The number of rotatable bonds is 12. The van der Waals surface area contributed by atoms with Crippen molar-refractivity contribution in [2.75, 3.05) is 33.2 Å². The van der Waals surface area contributed by atoms with E-state index in [0.717, 1.165) is 6.07 Å². The molecule has 0 radical (unpaired) electrons. The summed E-state index contributed by atoms with van der Waals surface area (Å²) in [6.45, 7) is 2.96. The van der Waals surface area contributed by atoms with Crippen molar-refractivity contribution in [3.63, 3.8) is 0 Å². The van der Waals surface area contributed by atoms with Crippen LogP contribution in [0.3, 0.4) is 0 Å². The van der Waals surface area contributed by atoms with Gasteiger partial charge < -0.3 is 20.6 Å². The van der Waals surface area contributed by atoms with Crippen LogP contribution < -0.4 is 10.6 Å². The van der Waals surface area contributed by atoms with Gasteiger partial charge in [-0.25, -0.2) is 17.6 Å². The largest absolute Gasteiger partial charge is 0.385 e. The SMILES string of the molecule is CNC[C@@H](CC(=O)N1CCC[C@@H]([C@@](O)(CCCNC(C)=O)c2cccc(F)c2F)C1)CC1CCC(F)(F)CC1. The third kappa shape index (κ3) is 8.64. The Morgan fingerprint density at radius 2 is 1.92 bits per heavy atom. The first-order chi connectivity index (χ1) is 18.4. The van der Waals surface area contributed by atoms with Crippen molar-refractivity contribution < 1.29 is 32.3 Å². The Bertz CT molecular complexity index is 969. The van der Waals surface area contributed by atoms with E-state index in [0.29, 0.717) is 51.6 Å². The molecule has 1 aromatic rings. The minimum Gasteiger partial charge on any atom is -0.385 e. The van der Waals surface area contributed by atoms with Crippen LogP contribution in [0, 0.1) is 29.4 Å². The van der Waals surface area contributed by atoms with Gasteiger partial charge in [-0.3, -0.25) is 9.59 Å². The summed E-state index contributed by atoms with van der Waals surface area (Å²) < 4.78 is 56.3. The number of nitrogens with zero attached hydrogens (tertiary/aromatic N) is 1. The highest BCUT2D eigenvalue weighted by atomic mass is 19.3. The number of likely N-dealkylation sites (tertiary alicyclic amines) is 1. The quantitative estimate of drug-likeness (QED) is 0.256. The van der Waals surface area contributed by atoms with Crippen LogP contribution in [0.25, 0.3) is 0 Å². The molecule has 3 N–H and O–H groups in total. The zero-order valence-electron chi connectivity index (χ0n) is 23.1. The van der Waals surface area contributed by atoms with Gasteiger partial charge in [-0.05, 0) is 76.4 Å². The Hall–Kier alpha value is -2.20. The molecule has 1 aromatic carbocycles. The maximum Gasteiger partial charge on any atom is 0.248 e. The topological polar surface area (TPSA) is 81.7 Å². The summed E-state index contributed by atoms with van der Waals surface area (Å²) in [5.74, 6) is -5.40. The van der Waals surface area contributed by atoms with Crippen LogP contribution in [0.4, 0.5) is 17.6 Å². The van der Waals surface area contributed by atoms with Crippen LogP contribution in [0.1, 0.15) is 76.7 Å². The van der Waals surface area contributed by atoms with E-state index >= 15 is 0 Å². The number of alkyl halides is 2. The Morgan fingerprint density at radius 3 is 2.59 bits per heavy atom. The van der Waals surface area contributed by atoms with E-state index in [1.165, 1.54) is 19.1 Å². The molecule has 39 heavy (non-hydrogen) atoms. The molecular formula is C29H43F4N3O3. The standard InChI is InChI=1S/C29H43F4N3O3/c1-20(37)35-14-5-11-29(39,24-7-3-8-25(30)27(24)31)23-6-4-15-36(19-23)26(38)17-22(18-34-2)16-21-9-12-28(32,33)13-10-21/h3,7-8,21-23,34,39H,4-6,9-19H2,1-2H3,(H,35,37)/t22-,23-,29+/m1/s1. The highest BCUT2D eigenvalue weighted by molar-refractivity contribution is 5.76. The Balaban J connectivity index is 1.71. The molecule has 0 bridgehead atoms. The zero-order valence-corrected chi connectivity index (χ0v) is 23.1. The molecule has 0 aromatic heterocycles. The molecule has 2 amide bonds. The summed E-state index contributed by atoms with van der Waals surface area (Å²) in [4.78, 5) is 26.4. The van der Waals surface area contributed by atoms with Crippen LogP contribution >= 0.6 is 0 Å². The highest BCUT2D eigenvalue weighted by Crippen LogP contribution is 2.42. The zero-order chi connectivity index (χ0) is 28.6. The molecule has 220 valence electrons. The predicted octanol–water partition coefficient (Wildman–Crippen LogP) is 4.75. The third-order valence-corrected chi connectivity index (χ3v) is 8.44. The summed E-state index contributed by atoms with van der Waals surface area (Å²) >= 11 is 0. The second-order valence-corrected chi connectivity index (χ2v) is 11.5. The van der Waals surface area contributed by atoms with Crippen molar-refractivity contribution in [3.8, 4) is 0 Å². The molecule has 2 fully saturated rings. The van der Waals surface area contributed by atoms with Gasteiger partial charge in [0.05, 0.1) is 5.60 Å². The van der Waals surface area contributed by atoms with Crippen LogP contribution in [0.2, 0.25) is 0 Å². The fraction of sp³-hybridized carbons (Fsp3) is 0.724. The lowest BCUT2D eigenvalue weighted by molar-refractivity contribution is -0.138. The van der Waals surface area contributed by atoms with Crippen LogP contribution in [-0.2, 0) is 15.2 Å². The molecule has 1 saturated heterocycles. The number of hydrogen-bond acceptors (Lipinski definition) is 4. The molecule has 10 heteroatoms. The predicted molar refractivity (Wildman–Crippen MR) is 141 cm³/mol. The summed E-state index contributed by atoms with van der Waals surface area (Å²) in [5.41, 5.74) is -1.85. The Labute approximate surface area is 228 Å². The molecule has 1 heterocycles. The Kier molecular flexibility index (Phi) is 11.2. The van der Waals surface area contributed by atoms with E-state index in [-0.39, 0.29) is 68.0 Å². The van der Waals surface area contributed by atoms with Crippen molar-refractivity contribution in [1.82, 2.24) is 15.5 Å².